The number of amides is 1. The van der Waals surface area contributed by atoms with E-state index in [1.54, 1.807) is 20.8 Å². The van der Waals surface area contributed by atoms with Crippen molar-refractivity contribution < 1.29 is 28.6 Å². The number of rotatable bonds is 3. The van der Waals surface area contributed by atoms with Crippen molar-refractivity contribution in [1.82, 2.24) is 4.90 Å². The molecule has 1 aliphatic heterocycles. The van der Waals surface area contributed by atoms with Crippen molar-refractivity contribution in [3.8, 4) is 0 Å². The van der Waals surface area contributed by atoms with Crippen LogP contribution in [0.3, 0.4) is 0 Å². The highest BCUT2D eigenvalue weighted by molar-refractivity contribution is 5.83. The van der Waals surface area contributed by atoms with Crippen LogP contribution in [0.15, 0.2) is 0 Å². The smallest absolute Gasteiger partial charge is 0.411 e. The summed E-state index contributed by atoms with van der Waals surface area (Å²) >= 11 is 0. The fraction of sp³-hybridized carbons (Fsp3) is 0.786. The number of esters is 2. The summed E-state index contributed by atoms with van der Waals surface area (Å²) in [6.07, 6.45) is 0.00852. The van der Waals surface area contributed by atoms with E-state index in [4.69, 9.17) is 9.47 Å². The van der Waals surface area contributed by atoms with E-state index in [2.05, 4.69) is 4.74 Å². The Bertz CT molecular complexity index is 414. The lowest BCUT2D eigenvalue weighted by molar-refractivity contribution is -0.148. The lowest BCUT2D eigenvalue weighted by Crippen LogP contribution is -2.46. The fourth-order valence-corrected chi connectivity index (χ4v) is 2.33. The molecule has 2 atom stereocenters. The van der Waals surface area contributed by atoms with E-state index in [0.717, 1.165) is 0 Å². The van der Waals surface area contributed by atoms with E-state index in [1.807, 2.05) is 0 Å². The van der Waals surface area contributed by atoms with E-state index in [-0.39, 0.29) is 12.3 Å². The number of methoxy groups -OCH3 is 2. The molecule has 1 amide bonds. The van der Waals surface area contributed by atoms with Crippen LogP contribution in [0.5, 0.6) is 0 Å². The molecule has 7 nitrogen and oxygen atoms in total. The van der Waals surface area contributed by atoms with Crippen LogP contribution in [0.25, 0.3) is 0 Å². The van der Waals surface area contributed by atoms with Gasteiger partial charge in [0.1, 0.15) is 11.6 Å². The zero-order valence-corrected chi connectivity index (χ0v) is 13.2. The van der Waals surface area contributed by atoms with E-state index in [1.165, 1.54) is 19.1 Å². The molecule has 0 saturated carbocycles. The number of carbonyl (C=O) groups excluding carboxylic acids is 3. The van der Waals surface area contributed by atoms with Gasteiger partial charge < -0.3 is 14.2 Å². The van der Waals surface area contributed by atoms with Gasteiger partial charge in [-0.1, -0.05) is 0 Å². The summed E-state index contributed by atoms with van der Waals surface area (Å²) < 4.78 is 14.7. The van der Waals surface area contributed by atoms with Gasteiger partial charge in [-0.3, -0.25) is 9.69 Å². The molecule has 1 aliphatic rings. The van der Waals surface area contributed by atoms with Crippen LogP contribution in [0.4, 0.5) is 4.79 Å². The molecule has 120 valence electrons. The predicted molar refractivity (Wildman–Crippen MR) is 73.5 cm³/mol. The maximum absolute atomic E-state index is 12.2. The van der Waals surface area contributed by atoms with Gasteiger partial charge >= 0.3 is 18.0 Å². The Balaban J connectivity index is 2.87. The van der Waals surface area contributed by atoms with Gasteiger partial charge in [-0.2, -0.15) is 0 Å². The van der Waals surface area contributed by atoms with Crippen molar-refractivity contribution in [2.24, 2.45) is 5.92 Å². The number of carbonyl (C=O) groups is 3. The summed E-state index contributed by atoms with van der Waals surface area (Å²) in [5, 5.41) is 0. The maximum atomic E-state index is 12.2. The largest absolute Gasteiger partial charge is 0.469 e. The van der Waals surface area contributed by atoms with Crippen molar-refractivity contribution in [3.05, 3.63) is 0 Å². The van der Waals surface area contributed by atoms with Crippen LogP contribution in [-0.2, 0) is 23.8 Å². The Labute approximate surface area is 124 Å². The van der Waals surface area contributed by atoms with Crippen LogP contribution in [0.1, 0.15) is 33.6 Å². The SMILES string of the molecule is COC(=O)CC1CCN(C(=O)OC(C)(C)C)C1C(=O)OC. The number of ether oxygens (including phenoxy) is 3. The van der Waals surface area contributed by atoms with Crippen molar-refractivity contribution in [2.75, 3.05) is 20.8 Å². The molecule has 0 aromatic rings. The molecular weight excluding hydrogens is 278 g/mol. The minimum absolute atomic E-state index is 0.0650. The second-order valence-electron chi connectivity index (χ2n) is 5.97. The average Bonchev–Trinajstić information content (AvgIpc) is 2.79. The normalized spacial score (nSPS) is 21.9. The first-order chi connectivity index (χ1) is 9.69. The summed E-state index contributed by atoms with van der Waals surface area (Å²) in [7, 11) is 2.54. The van der Waals surface area contributed by atoms with Crippen LogP contribution in [0.2, 0.25) is 0 Å². The molecule has 1 fully saturated rings. The average molecular weight is 301 g/mol. The molecule has 1 rings (SSSR count). The Morgan fingerprint density at radius 2 is 1.76 bits per heavy atom. The molecule has 0 aliphatic carbocycles. The number of likely N-dealkylation sites (tertiary alicyclic amines) is 1. The van der Waals surface area contributed by atoms with E-state index >= 15 is 0 Å². The van der Waals surface area contributed by atoms with Gasteiger partial charge in [-0.25, -0.2) is 9.59 Å². The highest BCUT2D eigenvalue weighted by Crippen LogP contribution is 2.30. The first-order valence-corrected chi connectivity index (χ1v) is 6.84. The molecule has 0 bridgehead atoms. The fourth-order valence-electron chi connectivity index (χ4n) is 2.33. The molecular formula is C14H23NO6. The third-order valence-electron chi connectivity index (χ3n) is 3.25. The lowest BCUT2D eigenvalue weighted by Gasteiger charge is -2.28. The van der Waals surface area contributed by atoms with E-state index in [9.17, 15) is 14.4 Å². The van der Waals surface area contributed by atoms with Crippen molar-refractivity contribution in [2.45, 2.75) is 45.3 Å². The highest BCUT2D eigenvalue weighted by Gasteiger charge is 2.45. The molecule has 0 N–H and O–H groups in total. The summed E-state index contributed by atoms with van der Waals surface area (Å²) in [6.45, 7) is 5.59. The first kappa shape index (κ1) is 17.3. The Kier molecular flexibility index (Phi) is 5.57. The van der Waals surface area contributed by atoms with E-state index in [0.29, 0.717) is 13.0 Å². The van der Waals surface area contributed by atoms with Crippen LogP contribution in [-0.4, -0.2) is 55.3 Å². The minimum Gasteiger partial charge on any atom is -0.469 e. The van der Waals surface area contributed by atoms with Crippen molar-refractivity contribution in [3.63, 3.8) is 0 Å². The topological polar surface area (TPSA) is 82.1 Å². The Morgan fingerprint density at radius 3 is 2.24 bits per heavy atom. The number of hydrogen-bond donors (Lipinski definition) is 0. The minimum atomic E-state index is -0.816. The standard InChI is InChI=1S/C14H23NO6/c1-14(2,3)21-13(18)15-7-6-9(8-10(16)19-4)11(15)12(17)20-5/h9,11H,6-8H2,1-5H3. The lowest BCUT2D eigenvalue weighted by atomic mass is 9.97. The van der Waals surface area contributed by atoms with Gasteiger partial charge in [0.15, 0.2) is 0 Å². The summed E-state index contributed by atoms with van der Waals surface area (Å²) in [4.78, 5) is 36.9. The highest BCUT2D eigenvalue weighted by atomic mass is 16.6. The Morgan fingerprint density at radius 1 is 1.14 bits per heavy atom. The molecule has 1 heterocycles. The van der Waals surface area contributed by atoms with Gasteiger partial charge in [0.05, 0.1) is 20.6 Å². The summed E-state index contributed by atoms with van der Waals surface area (Å²) in [5.41, 5.74) is -0.655. The molecule has 2 unspecified atom stereocenters. The quantitative estimate of drug-likeness (QED) is 0.578. The van der Waals surface area contributed by atoms with Gasteiger partial charge in [0, 0.05) is 12.5 Å². The molecule has 7 heteroatoms. The van der Waals surface area contributed by atoms with Gasteiger partial charge in [-0.15, -0.1) is 0 Å². The van der Waals surface area contributed by atoms with Gasteiger partial charge in [-0.05, 0) is 27.2 Å². The molecule has 0 spiro atoms. The number of hydrogen-bond acceptors (Lipinski definition) is 6. The zero-order chi connectivity index (χ0) is 16.2. The second kappa shape index (κ2) is 6.78. The monoisotopic (exact) mass is 301 g/mol. The third-order valence-corrected chi connectivity index (χ3v) is 3.25. The van der Waals surface area contributed by atoms with Crippen molar-refractivity contribution >= 4 is 18.0 Å². The molecule has 0 aromatic heterocycles. The Hall–Kier alpha value is -1.79. The van der Waals surface area contributed by atoms with Gasteiger partial charge in [0.2, 0.25) is 0 Å². The van der Waals surface area contributed by atoms with Crippen LogP contribution < -0.4 is 0 Å². The summed E-state index contributed by atoms with van der Waals surface area (Å²) in [6, 6.07) is -0.816. The van der Waals surface area contributed by atoms with Crippen LogP contribution >= 0.6 is 0 Å². The van der Waals surface area contributed by atoms with Gasteiger partial charge in [0.25, 0.3) is 0 Å². The van der Waals surface area contributed by atoms with Crippen LogP contribution in [0, 0.1) is 5.92 Å². The third kappa shape index (κ3) is 4.61. The molecule has 0 radical (unpaired) electrons. The molecule has 21 heavy (non-hydrogen) atoms. The second-order valence-corrected chi connectivity index (χ2v) is 5.97. The van der Waals surface area contributed by atoms with E-state index < -0.39 is 29.7 Å². The zero-order valence-electron chi connectivity index (χ0n) is 13.2. The van der Waals surface area contributed by atoms with Crippen molar-refractivity contribution in [1.29, 1.82) is 0 Å². The summed E-state index contributed by atoms with van der Waals surface area (Å²) in [5.74, 6) is -1.29. The maximum Gasteiger partial charge on any atom is 0.411 e. The first-order valence-electron chi connectivity index (χ1n) is 6.84. The number of nitrogens with zero attached hydrogens (tertiary/aromatic N) is 1. The molecule has 0 aromatic carbocycles. The molecule has 1 saturated heterocycles. The predicted octanol–water partition coefficient (Wildman–Crippen LogP) is 1.35.